The Bertz CT molecular complexity index is 694. The molecule has 2 aliphatic heterocycles. The highest BCUT2D eigenvalue weighted by atomic mass is 35.5. The molecular formula is C15H20ClN5OS. The summed E-state index contributed by atoms with van der Waals surface area (Å²) < 4.78 is 6.55. The summed E-state index contributed by atoms with van der Waals surface area (Å²) >= 11 is 7.96. The Hall–Kier alpha value is -1.15. The molecule has 0 radical (unpaired) electrons. The molecule has 124 valence electrons. The molecule has 2 saturated heterocycles. The third-order valence-electron chi connectivity index (χ3n) is 4.40. The fourth-order valence-corrected chi connectivity index (χ4v) is 4.30. The zero-order valence-corrected chi connectivity index (χ0v) is 14.7. The first-order valence-corrected chi connectivity index (χ1v) is 9.13. The van der Waals surface area contributed by atoms with Crippen LogP contribution in [-0.4, -0.2) is 74.4 Å². The summed E-state index contributed by atoms with van der Waals surface area (Å²) in [4.78, 5) is 16.4. The van der Waals surface area contributed by atoms with Gasteiger partial charge in [0.15, 0.2) is 10.9 Å². The molecule has 0 spiro atoms. The van der Waals surface area contributed by atoms with Crippen molar-refractivity contribution in [2.75, 3.05) is 69.3 Å². The van der Waals surface area contributed by atoms with Crippen LogP contribution in [0.15, 0.2) is 6.07 Å². The van der Waals surface area contributed by atoms with E-state index in [1.807, 2.05) is 6.07 Å². The van der Waals surface area contributed by atoms with Gasteiger partial charge in [-0.3, -0.25) is 0 Å². The van der Waals surface area contributed by atoms with Crippen molar-refractivity contribution in [1.82, 2.24) is 14.9 Å². The molecular weight excluding hydrogens is 334 g/mol. The molecule has 4 heterocycles. The number of anilines is 2. The Balaban J connectivity index is 1.69. The van der Waals surface area contributed by atoms with E-state index in [2.05, 4.69) is 26.7 Å². The number of likely N-dealkylation sites (N-methyl/N-ethyl adjacent to an activating group) is 1. The maximum Gasteiger partial charge on any atom is 0.186 e. The van der Waals surface area contributed by atoms with E-state index in [1.165, 1.54) is 0 Å². The lowest BCUT2D eigenvalue weighted by Crippen LogP contribution is -2.44. The Morgan fingerprint density at radius 1 is 1.04 bits per heavy atom. The summed E-state index contributed by atoms with van der Waals surface area (Å²) in [7, 11) is 2.16. The van der Waals surface area contributed by atoms with Crippen LogP contribution < -0.4 is 9.80 Å². The lowest BCUT2D eigenvalue weighted by atomic mass is 10.3. The van der Waals surface area contributed by atoms with Gasteiger partial charge in [-0.15, -0.1) is 0 Å². The number of pyridine rings is 1. The number of aromatic nitrogens is 2. The first-order chi connectivity index (χ1) is 11.2. The molecule has 2 aromatic rings. The number of piperazine rings is 1. The lowest BCUT2D eigenvalue weighted by Gasteiger charge is -2.32. The number of rotatable bonds is 2. The number of hydrogen-bond donors (Lipinski definition) is 0. The summed E-state index contributed by atoms with van der Waals surface area (Å²) in [6.07, 6.45) is 0. The van der Waals surface area contributed by atoms with Crippen molar-refractivity contribution in [3.8, 4) is 0 Å². The molecule has 0 N–H and O–H groups in total. The van der Waals surface area contributed by atoms with Crippen LogP contribution in [0.5, 0.6) is 0 Å². The summed E-state index contributed by atoms with van der Waals surface area (Å²) in [6.45, 7) is 7.31. The van der Waals surface area contributed by atoms with Gasteiger partial charge in [0, 0.05) is 39.3 Å². The fourth-order valence-electron chi connectivity index (χ4n) is 3.00. The van der Waals surface area contributed by atoms with E-state index in [9.17, 15) is 0 Å². The second-order valence-electron chi connectivity index (χ2n) is 6.00. The van der Waals surface area contributed by atoms with Crippen molar-refractivity contribution in [3.63, 3.8) is 0 Å². The van der Waals surface area contributed by atoms with Crippen LogP contribution >= 0.6 is 22.9 Å². The van der Waals surface area contributed by atoms with Crippen LogP contribution in [0.1, 0.15) is 0 Å². The highest BCUT2D eigenvalue weighted by Crippen LogP contribution is 2.35. The normalized spacial score (nSPS) is 20.4. The Morgan fingerprint density at radius 2 is 1.78 bits per heavy atom. The number of nitrogens with zero attached hydrogens (tertiary/aromatic N) is 5. The molecule has 23 heavy (non-hydrogen) atoms. The molecule has 0 bridgehead atoms. The van der Waals surface area contributed by atoms with Crippen LogP contribution in [0.4, 0.5) is 10.9 Å². The van der Waals surface area contributed by atoms with Crippen LogP contribution in [0.25, 0.3) is 10.2 Å². The smallest absolute Gasteiger partial charge is 0.186 e. The van der Waals surface area contributed by atoms with Gasteiger partial charge in [0.1, 0.15) is 10.7 Å². The van der Waals surface area contributed by atoms with E-state index in [1.54, 1.807) is 11.3 Å². The minimum absolute atomic E-state index is 0.535. The zero-order valence-electron chi connectivity index (χ0n) is 13.2. The minimum Gasteiger partial charge on any atom is -0.378 e. The first-order valence-electron chi connectivity index (χ1n) is 7.94. The minimum atomic E-state index is 0.535. The lowest BCUT2D eigenvalue weighted by molar-refractivity contribution is 0.122. The summed E-state index contributed by atoms with van der Waals surface area (Å²) in [5.74, 6) is 0.896. The largest absolute Gasteiger partial charge is 0.378 e. The highest BCUT2D eigenvalue weighted by Gasteiger charge is 2.22. The van der Waals surface area contributed by atoms with Gasteiger partial charge in [0.05, 0.1) is 17.9 Å². The predicted octanol–water partition coefficient (Wildman–Crippen LogP) is 1.93. The molecule has 2 fully saturated rings. The Morgan fingerprint density at radius 3 is 2.52 bits per heavy atom. The maximum atomic E-state index is 6.25. The Kier molecular flexibility index (Phi) is 4.27. The zero-order chi connectivity index (χ0) is 15.8. The molecule has 0 unspecified atom stereocenters. The molecule has 0 saturated carbocycles. The van der Waals surface area contributed by atoms with Crippen molar-refractivity contribution in [2.24, 2.45) is 0 Å². The van der Waals surface area contributed by atoms with Crippen LogP contribution in [0, 0.1) is 0 Å². The standard InChI is InChI=1S/C15H20ClN5OS/c1-19-2-4-21(5-3-19)15-18-13-11(23-15)10-12(16)17-14(13)20-6-8-22-9-7-20/h10H,2-9H2,1H3. The topological polar surface area (TPSA) is 44.7 Å². The van der Waals surface area contributed by atoms with Gasteiger partial charge < -0.3 is 19.4 Å². The van der Waals surface area contributed by atoms with Gasteiger partial charge in [-0.2, -0.15) is 0 Å². The van der Waals surface area contributed by atoms with Crippen molar-refractivity contribution in [3.05, 3.63) is 11.2 Å². The van der Waals surface area contributed by atoms with Crippen molar-refractivity contribution in [1.29, 1.82) is 0 Å². The predicted molar refractivity (Wildman–Crippen MR) is 95.2 cm³/mol. The third kappa shape index (κ3) is 3.10. The molecule has 2 aromatic heterocycles. The van der Waals surface area contributed by atoms with Gasteiger partial charge in [0.25, 0.3) is 0 Å². The highest BCUT2D eigenvalue weighted by molar-refractivity contribution is 7.22. The van der Waals surface area contributed by atoms with Crippen LogP contribution in [-0.2, 0) is 4.74 Å². The van der Waals surface area contributed by atoms with Crippen LogP contribution in [0.2, 0.25) is 5.15 Å². The Labute approximate surface area is 144 Å². The monoisotopic (exact) mass is 353 g/mol. The second-order valence-corrected chi connectivity index (χ2v) is 7.40. The second kappa shape index (κ2) is 6.39. The summed E-state index contributed by atoms with van der Waals surface area (Å²) in [6, 6.07) is 1.93. The molecule has 8 heteroatoms. The first kappa shape index (κ1) is 15.4. The van der Waals surface area contributed by atoms with E-state index < -0.39 is 0 Å². The van der Waals surface area contributed by atoms with Crippen LogP contribution in [0.3, 0.4) is 0 Å². The number of hydrogen-bond acceptors (Lipinski definition) is 7. The van der Waals surface area contributed by atoms with Crippen molar-refractivity contribution < 1.29 is 4.74 Å². The van der Waals surface area contributed by atoms with Gasteiger partial charge in [-0.05, 0) is 13.1 Å². The number of morpholine rings is 1. The van der Waals surface area contributed by atoms with Gasteiger partial charge in [-0.25, -0.2) is 9.97 Å². The molecule has 0 atom stereocenters. The van der Waals surface area contributed by atoms with E-state index in [0.717, 1.165) is 73.6 Å². The van der Waals surface area contributed by atoms with E-state index >= 15 is 0 Å². The third-order valence-corrected chi connectivity index (χ3v) is 5.66. The van der Waals surface area contributed by atoms with Crippen molar-refractivity contribution in [2.45, 2.75) is 0 Å². The number of fused-ring (bicyclic) bond motifs is 1. The molecule has 0 aliphatic carbocycles. The number of halogens is 1. The quantitative estimate of drug-likeness (QED) is 0.769. The van der Waals surface area contributed by atoms with Gasteiger partial charge >= 0.3 is 0 Å². The molecule has 0 amide bonds. The number of ether oxygens (including phenoxy) is 1. The van der Waals surface area contributed by atoms with E-state index in [0.29, 0.717) is 5.15 Å². The van der Waals surface area contributed by atoms with Crippen molar-refractivity contribution >= 4 is 44.1 Å². The summed E-state index contributed by atoms with van der Waals surface area (Å²) in [5, 5.41) is 1.61. The molecule has 6 nitrogen and oxygen atoms in total. The SMILES string of the molecule is CN1CCN(c2nc3c(N4CCOCC4)nc(Cl)cc3s2)CC1. The molecule has 2 aliphatic rings. The van der Waals surface area contributed by atoms with Gasteiger partial charge in [-0.1, -0.05) is 22.9 Å². The average molecular weight is 354 g/mol. The van der Waals surface area contributed by atoms with Gasteiger partial charge in [0.2, 0.25) is 0 Å². The number of thiazole rings is 1. The van der Waals surface area contributed by atoms with E-state index in [4.69, 9.17) is 21.3 Å². The fraction of sp³-hybridized carbons (Fsp3) is 0.600. The average Bonchev–Trinajstić information content (AvgIpc) is 2.99. The van der Waals surface area contributed by atoms with E-state index in [-0.39, 0.29) is 0 Å². The molecule has 0 aromatic carbocycles. The maximum absolute atomic E-state index is 6.25. The molecule has 4 rings (SSSR count). The summed E-state index contributed by atoms with van der Waals surface area (Å²) in [5.41, 5.74) is 0.968.